The summed E-state index contributed by atoms with van der Waals surface area (Å²) in [5, 5.41) is 3.11. The molecule has 0 spiro atoms. The van der Waals surface area contributed by atoms with E-state index in [0.717, 1.165) is 43.9 Å². The number of primary amides is 1. The highest BCUT2D eigenvalue weighted by atomic mass is 32.1. The molecule has 2 heterocycles. The van der Waals surface area contributed by atoms with Crippen LogP contribution in [0.25, 0.3) is 0 Å². The molecule has 1 aliphatic rings. The quantitative estimate of drug-likeness (QED) is 0.796. The molecule has 1 saturated heterocycles. The Morgan fingerprint density at radius 2 is 2.18 bits per heavy atom. The van der Waals surface area contributed by atoms with Crippen LogP contribution in [-0.2, 0) is 4.79 Å². The van der Waals surface area contributed by atoms with Crippen LogP contribution in [-0.4, -0.2) is 47.4 Å². The maximum Gasteiger partial charge on any atom is 0.253 e. The Labute approximate surface area is 133 Å². The number of carbonyl (C=O) groups excluding carboxylic acids is 2. The van der Waals surface area contributed by atoms with Crippen LogP contribution in [0.15, 0.2) is 6.20 Å². The number of likely N-dealkylation sites (tertiary alicyclic amines) is 1. The van der Waals surface area contributed by atoms with Gasteiger partial charge in [-0.3, -0.25) is 9.59 Å². The maximum atomic E-state index is 12.3. The standard InChI is InChI=1S/C14H21FN4O2S/c15-5-8-19-6-3-10(4-7-19)1-2-12(20)18-14-11(13(16)21)9-17-22-14/h9-10H,1-8H2,(H2,16,21)(H,18,20). The molecule has 1 fully saturated rings. The summed E-state index contributed by atoms with van der Waals surface area (Å²) in [4.78, 5) is 25.2. The van der Waals surface area contributed by atoms with Crippen LogP contribution in [0, 0.1) is 5.92 Å². The number of nitrogens with two attached hydrogens (primary N) is 1. The molecule has 1 aromatic rings. The second-order valence-electron chi connectivity index (χ2n) is 5.49. The van der Waals surface area contributed by atoms with Crippen LogP contribution in [0.2, 0.25) is 0 Å². The molecular formula is C14H21FN4O2S. The van der Waals surface area contributed by atoms with Gasteiger partial charge in [-0.15, -0.1) is 0 Å². The van der Waals surface area contributed by atoms with Gasteiger partial charge in [-0.05, 0) is 49.8 Å². The molecule has 0 bridgehead atoms. The topological polar surface area (TPSA) is 88.3 Å². The molecule has 8 heteroatoms. The first kappa shape index (κ1) is 16.8. The molecule has 22 heavy (non-hydrogen) atoms. The summed E-state index contributed by atoms with van der Waals surface area (Å²) < 4.78 is 16.1. The third-order valence-corrected chi connectivity index (χ3v) is 4.69. The summed E-state index contributed by atoms with van der Waals surface area (Å²) in [5.41, 5.74) is 5.46. The normalized spacial score (nSPS) is 16.6. The number of amides is 2. The molecule has 122 valence electrons. The zero-order chi connectivity index (χ0) is 15.9. The van der Waals surface area contributed by atoms with Crippen molar-refractivity contribution in [2.24, 2.45) is 11.7 Å². The number of nitrogens with zero attached hydrogens (tertiary/aromatic N) is 2. The van der Waals surface area contributed by atoms with Gasteiger partial charge >= 0.3 is 0 Å². The van der Waals surface area contributed by atoms with E-state index >= 15 is 0 Å². The van der Waals surface area contributed by atoms with Crippen molar-refractivity contribution in [3.8, 4) is 0 Å². The number of anilines is 1. The minimum absolute atomic E-state index is 0.127. The van der Waals surface area contributed by atoms with E-state index in [0.29, 0.717) is 23.9 Å². The summed E-state index contributed by atoms with van der Waals surface area (Å²) in [6.07, 6.45) is 4.58. The number of aromatic nitrogens is 1. The fourth-order valence-corrected chi connectivity index (χ4v) is 3.32. The van der Waals surface area contributed by atoms with E-state index in [4.69, 9.17) is 5.73 Å². The molecule has 0 aliphatic carbocycles. The van der Waals surface area contributed by atoms with Gasteiger partial charge in [0, 0.05) is 13.0 Å². The number of carbonyl (C=O) groups is 2. The van der Waals surface area contributed by atoms with Crippen molar-refractivity contribution in [1.29, 1.82) is 0 Å². The molecule has 0 saturated carbocycles. The predicted octanol–water partition coefficient (Wildman–Crippen LogP) is 1.64. The lowest BCUT2D eigenvalue weighted by molar-refractivity contribution is -0.116. The third-order valence-electron chi connectivity index (χ3n) is 3.98. The summed E-state index contributed by atoms with van der Waals surface area (Å²) in [6, 6.07) is 0. The number of piperidine rings is 1. The lowest BCUT2D eigenvalue weighted by atomic mass is 9.92. The van der Waals surface area contributed by atoms with Crippen molar-refractivity contribution in [2.45, 2.75) is 25.7 Å². The summed E-state index contributed by atoms with van der Waals surface area (Å²) in [7, 11) is 0. The van der Waals surface area contributed by atoms with Gasteiger partial charge in [-0.2, -0.15) is 4.37 Å². The first-order chi connectivity index (χ1) is 10.6. The van der Waals surface area contributed by atoms with Gasteiger partial charge in [0.15, 0.2) is 0 Å². The number of nitrogens with one attached hydrogen (secondary N) is 1. The van der Waals surface area contributed by atoms with Crippen LogP contribution in [0.4, 0.5) is 9.39 Å². The number of hydrogen-bond donors (Lipinski definition) is 2. The smallest absolute Gasteiger partial charge is 0.253 e. The number of hydrogen-bond acceptors (Lipinski definition) is 5. The maximum absolute atomic E-state index is 12.3. The second-order valence-corrected chi connectivity index (χ2v) is 6.30. The Kier molecular flexibility index (Phi) is 6.26. The molecule has 0 aromatic carbocycles. The lowest BCUT2D eigenvalue weighted by Gasteiger charge is -2.31. The van der Waals surface area contributed by atoms with Gasteiger partial charge in [0.25, 0.3) is 5.91 Å². The number of halogens is 1. The van der Waals surface area contributed by atoms with E-state index < -0.39 is 5.91 Å². The molecule has 0 radical (unpaired) electrons. The van der Waals surface area contributed by atoms with Crippen LogP contribution in [0.3, 0.4) is 0 Å². The third kappa shape index (κ3) is 4.74. The predicted molar refractivity (Wildman–Crippen MR) is 83.6 cm³/mol. The van der Waals surface area contributed by atoms with Crippen LogP contribution < -0.4 is 11.1 Å². The van der Waals surface area contributed by atoms with Crippen molar-refractivity contribution < 1.29 is 14.0 Å². The highest BCUT2D eigenvalue weighted by molar-refractivity contribution is 7.10. The van der Waals surface area contributed by atoms with Crippen LogP contribution in [0.1, 0.15) is 36.0 Å². The van der Waals surface area contributed by atoms with Gasteiger partial charge < -0.3 is 16.0 Å². The Morgan fingerprint density at radius 1 is 1.45 bits per heavy atom. The Hall–Kier alpha value is -1.54. The summed E-state index contributed by atoms with van der Waals surface area (Å²) in [6.45, 7) is 2.01. The van der Waals surface area contributed by atoms with E-state index in [1.807, 2.05) is 0 Å². The summed E-state index contributed by atoms with van der Waals surface area (Å²) in [5.74, 6) is -0.221. The van der Waals surface area contributed by atoms with E-state index in [1.165, 1.54) is 6.20 Å². The molecule has 2 rings (SSSR count). The van der Waals surface area contributed by atoms with Gasteiger partial charge in [-0.1, -0.05) is 0 Å². The van der Waals surface area contributed by atoms with Gasteiger partial charge in [-0.25, -0.2) is 4.39 Å². The van der Waals surface area contributed by atoms with Crippen LogP contribution >= 0.6 is 11.5 Å². The fraction of sp³-hybridized carbons (Fsp3) is 0.643. The minimum atomic E-state index is -0.593. The number of rotatable bonds is 7. The van der Waals surface area contributed by atoms with E-state index in [9.17, 15) is 14.0 Å². The van der Waals surface area contributed by atoms with Crippen molar-refractivity contribution in [3.63, 3.8) is 0 Å². The van der Waals surface area contributed by atoms with Crippen molar-refractivity contribution in [1.82, 2.24) is 9.27 Å². The molecule has 1 aromatic heterocycles. The van der Waals surface area contributed by atoms with Crippen molar-refractivity contribution in [3.05, 3.63) is 11.8 Å². The second kappa shape index (κ2) is 8.19. The molecule has 6 nitrogen and oxygen atoms in total. The highest BCUT2D eigenvalue weighted by Gasteiger charge is 2.20. The van der Waals surface area contributed by atoms with E-state index in [1.54, 1.807) is 0 Å². The largest absolute Gasteiger partial charge is 0.365 e. The zero-order valence-electron chi connectivity index (χ0n) is 12.4. The minimum Gasteiger partial charge on any atom is -0.365 e. The monoisotopic (exact) mass is 328 g/mol. The molecule has 2 amide bonds. The molecule has 1 aliphatic heterocycles. The average molecular weight is 328 g/mol. The van der Waals surface area contributed by atoms with Crippen molar-refractivity contribution in [2.75, 3.05) is 31.6 Å². The molecule has 0 atom stereocenters. The number of alkyl halides is 1. The Morgan fingerprint density at radius 3 is 2.82 bits per heavy atom. The lowest BCUT2D eigenvalue weighted by Crippen LogP contribution is -2.35. The zero-order valence-corrected chi connectivity index (χ0v) is 13.2. The highest BCUT2D eigenvalue weighted by Crippen LogP contribution is 2.23. The van der Waals surface area contributed by atoms with Gasteiger partial charge in [0.05, 0.1) is 11.8 Å². The van der Waals surface area contributed by atoms with Crippen molar-refractivity contribution >= 4 is 28.3 Å². The van der Waals surface area contributed by atoms with Crippen LogP contribution in [0.5, 0.6) is 0 Å². The first-order valence-electron chi connectivity index (χ1n) is 7.42. The van der Waals surface area contributed by atoms with Gasteiger partial charge in [0.2, 0.25) is 5.91 Å². The van der Waals surface area contributed by atoms with E-state index in [2.05, 4.69) is 14.6 Å². The SMILES string of the molecule is NC(=O)c1cnsc1NC(=O)CCC1CCN(CCF)CC1. The Balaban J connectivity index is 1.72. The molecular weight excluding hydrogens is 307 g/mol. The fourth-order valence-electron chi connectivity index (χ4n) is 2.65. The summed E-state index contributed by atoms with van der Waals surface area (Å²) >= 11 is 1.05. The molecule has 3 N–H and O–H groups in total. The Bertz CT molecular complexity index is 515. The van der Waals surface area contributed by atoms with Gasteiger partial charge in [0.1, 0.15) is 11.7 Å². The first-order valence-corrected chi connectivity index (χ1v) is 8.20. The van der Waals surface area contributed by atoms with E-state index in [-0.39, 0.29) is 18.1 Å². The average Bonchev–Trinajstić information content (AvgIpc) is 2.95. The molecule has 0 unspecified atom stereocenters.